The molecule has 1 aromatic carbocycles. The highest BCUT2D eigenvalue weighted by Gasteiger charge is 2.55. The minimum absolute atomic E-state index is 0.0278. The molecule has 2 bridgehead atoms. The molecule has 4 fully saturated rings. The van der Waals surface area contributed by atoms with Gasteiger partial charge in [0.05, 0.1) is 18.2 Å². The van der Waals surface area contributed by atoms with Gasteiger partial charge in [0.2, 0.25) is 11.8 Å². The van der Waals surface area contributed by atoms with Crippen LogP contribution in [0.5, 0.6) is 0 Å². The zero-order chi connectivity index (χ0) is 21.2. The summed E-state index contributed by atoms with van der Waals surface area (Å²) in [5.41, 5.74) is 0.545. The van der Waals surface area contributed by atoms with Crippen LogP contribution in [0.25, 0.3) is 0 Å². The van der Waals surface area contributed by atoms with E-state index in [9.17, 15) is 19.2 Å². The van der Waals surface area contributed by atoms with Gasteiger partial charge in [-0.25, -0.2) is 4.39 Å². The number of hydrogen-bond acceptors (Lipinski definition) is 4. The maximum Gasteiger partial charge on any atom is 0.240 e. The second-order valence-electron chi connectivity index (χ2n) is 9.39. The lowest BCUT2D eigenvalue weighted by Gasteiger charge is -2.38. The highest BCUT2D eigenvalue weighted by Crippen LogP contribution is 2.48. The Morgan fingerprint density at radius 2 is 2.03 bits per heavy atom. The number of halogens is 1. The smallest absolute Gasteiger partial charge is 0.240 e. The zero-order valence-electron chi connectivity index (χ0n) is 17.4. The second kappa shape index (κ2) is 7.05. The Bertz CT molecular complexity index is 930. The van der Waals surface area contributed by atoms with Gasteiger partial charge in [-0.2, -0.15) is 5.26 Å². The number of likely N-dealkylation sites (tertiary alicyclic amines) is 3. The van der Waals surface area contributed by atoms with Crippen LogP contribution in [0.2, 0.25) is 0 Å². The van der Waals surface area contributed by atoms with Crippen LogP contribution in [0, 0.1) is 29.0 Å². The molecule has 3 saturated heterocycles. The van der Waals surface area contributed by atoms with Crippen molar-refractivity contribution < 1.29 is 14.0 Å². The average Bonchev–Trinajstić information content (AvgIpc) is 3.07. The Balaban J connectivity index is 1.24. The summed E-state index contributed by atoms with van der Waals surface area (Å²) in [4.78, 5) is 31.9. The molecule has 6 nitrogen and oxygen atoms in total. The lowest BCUT2D eigenvalue weighted by Crippen LogP contribution is -2.53. The molecule has 30 heavy (non-hydrogen) atoms. The Morgan fingerprint density at radius 3 is 2.73 bits per heavy atom. The van der Waals surface area contributed by atoms with Gasteiger partial charge in [0.1, 0.15) is 11.9 Å². The molecule has 1 aliphatic carbocycles. The van der Waals surface area contributed by atoms with E-state index in [1.165, 1.54) is 6.07 Å². The molecule has 1 saturated carbocycles. The molecule has 0 radical (unpaired) electrons. The molecule has 7 atom stereocenters. The first-order chi connectivity index (χ1) is 14.4. The van der Waals surface area contributed by atoms with Crippen LogP contribution in [-0.2, 0) is 9.59 Å². The molecule has 4 aliphatic rings. The van der Waals surface area contributed by atoms with E-state index in [0.29, 0.717) is 24.6 Å². The van der Waals surface area contributed by atoms with Crippen molar-refractivity contribution in [1.82, 2.24) is 14.7 Å². The van der Waals surface area contributed by atoms with Crippen LogP contribution in [-0.4, -0.2) is 63.8 Å². The quantitative estimate of drug-likeness (QED) is 0.747. The molecule has 0 N–H and O–H groups in total. The molecule has 2 unspecified atom stereocenters. The van der Waals surface area contributed by atoms with Crippen molar-refractivity contribution >= 4 is 11.8 Å². The van der Waals surface area contributed by atoms with Crippen molar-refractivity contribution in [3.05, 3.63) is 35.6 Å². The number of benzene rings is 1. The van der Waals surface area contributed by atoms with Crippen molar-refractivity contribution in [3.8, 4) is 6.07 Å². The fourth-order valence-corrected chi connectivity index (χ4v) is 5.94. The molecule has 5 rings (SSSR count). The van der Waals surface area contributed by atoms with Crippen molar-refractivity contribution in [2.45, 2.75) is 63.3 Å². The molecule has 7 heteroatoms. The predicted octanol–water partition coefficient (Wildman–Crippen LogP) is 2.32. The Labute approximate surface area is 176 Å². The maximum absolute atomic E-state index is 14.2. The number of rotatable bonds is 5. The van der Waals surface area contributed by atoms with E-state index in [1.807, 2.05) is 18.7 Å². The highest BCUT2D eigenvalue weighted by atomic mass is 19.1. The van der Waals surface area contributed by atoms with Gasteiger partial charge in [0.25, 0.3) is 0 Å². The van der Waals surface area contributed by atoms with Crippen LogP contribution >= 0.6 is 0 Å². The van der Waals surface area contributed by atoms with Gasteiger partial charge in [0.15, 0.2) is 0 Å². The van der Waals surface area contributed by atoms with Gasteiger partial charge < -0.3 is 9.80 Å². The van der Waals surface area contributed by atoms with Crippen LogP contribution in [0.1, 0.15) is 44.7 Å². The van der Waals surface area contributed by atoms with Crippen LogP contribution in [0.4, 0.5) is 4.39 Å². The molecule has 1 aromatic rings. The summed E-state index contributed by atoms with van der Waals surface area (Å²) in [7, 11) is 0. The highest BCUT2D eigenvalue weighted by molar-refractivity contribution is 5.86. The number of carbonyl (C=O) groups excluding carboxylic acids is 2. The summed E-state index contributed by atoms with van der Waals surface area (Å²) in [6, 6.07) is 8.36. The summed E-state index contributed by atoms with van der Waals surface area (Å²) < 4.78 is 14.2. The van der Waals surface area contributed by atoms with E-state index in [2.05, 4.69) is 11.0 Å². The van der Waals surface area contributed by atoms with E-state index in [-0.39, 0.29) is 53.8 Å². The zero-order valence-corrected chi connectivity index (χ0v) is 17.4. The Kier molecular flexibility index (Phi) is 4.59. The Morgan fingerprint density at radius 1 is 1.27 bits per heavy atom. The molecule has 0 aromatic heterocycles. The third-order valence-electron chi connectivity index (χ3n) is 7.52. The normalized spacial score (nSPS) is 34.1. The van der Waals surface area contributed by atoms with Crippen LogP contribution < -0.4 is 0 Å². The van der Waals surface area contributed by atoms with Gasteiger partial charge in [0, 0.05) is 36.7 Å². The lowest BCUT2D eigenvalue weighted by atomic mass is 10.0. The number of nitriles is 1. The fraction of sp³-hybridized carbons (Fsp3) is 0.609. The molecular weight excluding hydrogens is 383 g/mol. The Hall–Kier alpha value is -2.46. The third kappa shape index (κ3) is 2.92. The minimum Gasteiger partial charge on any atom is -0.330 e. The average molecular weight is 410 g/mol. The van der Waals surface area contributed by atoms with E-state index in [1.54, 1.807) is 23.1 Å². The van der Waals surface area contributed by atoms with Gasteiger partial charge in [-0.15, -0.1) is 0 Å². The van der Waals surface area contributed by atoms with Crippen molar-refractivity contribution in [2.75, 3.05) is 13.1 Å². The number of fused-ring (bicyclic) bond motifs is 3. The number of nitrogens with zero attached hydrogens (tertiary/aromatic N) is 4. The summed E-state index contributed by atoms with van der Waals surface area (Å²) in [6.07, 6.45) is 2.55. The number of hydrogen-bond donors (Lipinski definition) is 0. The molecule has 3 heterocycles. The van der Waals surface area contributed by atoms with E-state index in [0.717, 1.165) is 19.3 Å². The van der Waals surface area contributed by atoms with E-state index < -0.39 is 0 Å². The van der Waals surface area contributed by atoms with Gasteiger partial charge >= 0.3 is 0 Å². The van der Waals surface area contributed by atoms with E-state index >= 15 is 0 Å². The lowest BCUT2D eigenvalue weighted by molar-refractivity contribution is -0.142. The van der Waals surface area contributed by atoms with Crippen LogP contribution in [0.15, 0.2) is 24.3 Å². The van der Waals surface area contributed by atoms with Crippen molar-refractivity contribution in [1.29, 1.82) is 5.26 Å². The van der Waals surface area contributed by atoms with Crippen LogP contribution in [0.3, 0.4) is 0 Å². The number of carbonyl (C=O) groups is 2. The first-order valence-electron chi connectivity index (χ1n) is 10.9. The standard InChI is InChI=1S/C23H27FN4O2/c1-13(22(29)28-16(10-25)7-15-8-20(15)28)11-26-12-17-9-21(26)23(30)27(17)14(2)18-5-3-4-6-19(18)24/h3-6,13-17,20-21H,7-9,11-12H2,1-2H3/t13-,14+,15+,16-,17?,20?,21+/m0/s1. The molecule has 158 valence electrons. The van der Waals surface area contributed by atoms with E-state index in [4.69, 9.17) is 0 Å². The third-order valence-corrected chi connectivity index (χ3v) is 7.52. The SMILES string of the molecule is C[C@H](c1ccccc1F)N1C(=O)[C@H]2CC1CN2C[C@H](C)C(=O)N1C2C[C@H]2C[C@H]1C#N. The minimum atomic E-state index is -0.303. The first kappa shape index (κ1) is 19.5. The second-order valence-corrected chi connectivity index (χ2v) is 9.39. The maximum atomic E-state index is 14.2. The molecule has 2 amide bonds. The van der Waals surface area contributed by atoms with Gasteiger partial charge in [-0.05, 0) is 38.2 Å². The summed E-state index contributed by atoms with van der Waals surface area (Å²) in [5, 5.41) is 9.37. The van der Waals surface area contributed by atoms with Gasteiger partial charge in [-0.1, -0.05) is 25.1 Å². The number of piperazine rings is 1. The number of piperidine rings is 1. The predicted molar refractivity (Wildman–Crippen MR) is 107 cm³/mol. The van der Waals surface area contributed by atoms with Crippen molar-refractivity contribution in [3.63, 3.8) is 0 Å². The number of amides is 2. The molecular formula is C23H27FN4O2. The first-order valence-corrected chi connectivity index (χ1v) is 10.9. The summed E-state index contributed by atoms with van der Waals surface area (Å²) in [5.74, 6) is 0.0411. The summed E-state index contributed by atoms with van der Waals surface area (Å²) >= 11 is 0. The summed E-state index contributed by atoms with van der Waals surface area (Å²) in [6.45, 7) is 5.03. The van der Waals surface area contributed by atoms with Gasteiger partial charge in [-0.3, -0.25) is 14.5 Å². The fourth-order valence-electron chi connectivity index (χ4n) is 5.94. The molecule has 0 spiro atoms. The molecule has 3 aliphatic heterocycles. The topological polar surface area (TPSA) is 67.7 Å². The monoisotopic (exact) mass is 410 g/mol. The van der Waals surface area contributed by atoms with Crippen molar-refractivity contribution in [2.24, 2.45) is 11.8 Å². The largest absolute Gasteiger partial charge is 0.330 e.